The zero-order valence-corrected chi connectivity index (χ0v) is 9.15. The Bertz CT molecular complexity index is 351. The standard InChI is InChI=1S/C12H17NO3/c13-10(11(14)15)9-8-2-6-1-7(3-8)5-12(9,16)4-6/h6-9,13,16H,1-5H2,(H,14,15). The number of carboxylic acids is 1. The van der Waals surface area contributed by atoms with E-state index in [0.717, 1.165) is 12.8 Å². The molecule has 4 bridgehead atoms. The fraction of sp³-hybridized carbons (Fsp3) is 0.833. The van der Waals surface area contributed by atoms with Gasteiger partial charge in [0.25, 0.3) is 0 Å². The molecule has 4 aliphatic rings. The number of hydrogen-bond acceptors (Lipinski definition) is 3. The molecule has 4 saturated carbocycles. The van der Waals surface area contributed by atoms with E-state index in [0.29, 0.717) is 24.7 Å². The van der Waals surface area contributed by atoms with Crippen molar-refractivity contribution in [2.24, 2.45) is 23.7 Å². The van der Waals surface area contributed by atoms with E-state index in [1.54, 1.807) is 0 Å². The Hall–Kier alpha value is -0.900. The van der Waals surface area contributed by atoms with Crippen LogP contribution >= 0.6 is 0 Å². The first-order chi connectivity index (χ1) is 7.49. The lowest BCUT2D eigenvalue weighted by Crippen LogP contribution is -2.60. The summed E-state index contributed by atoms with van der Waals surface area (Å²) in [7, 11) is 0. The van der Waals surface area contributed by atoms with Gasteiger partial charge in [0.15, 0.2) is 0 Å². The van der Waals surface area contributed by atoms with E-state index >= 15 is 0 Å². The van der Waals surface area contributed by atoms with E-state index in [1.165, 1.54) is 6.42 Å². The van der Waals surface area contributed by atoms with Crippen molar-refractivity contribution in [2.45, 2.75) is 37.7 Å². The first-order valence-corrected chi connectivity index (χ1v) is 6.04. The number of hydrogen-bond donors (Lipinski definition) is 3. The molecule has 0 aliphatic heterocycles. The Morgan fingerprint density at radius 2 is 1.75 bits per heavy atom. The maximum absolute atomic E-state index is 10.9. The van der Waals surface area contributed by atoms with Gasteiger partial charge in [0, 0.05) is 5.92 Å². The van der Waals surface area contributed by atoms with E-state index < -0.39 is 17.5 Å². The van der Waals surface area contributed by atoms with Crippen molar-refractivity contribution in [1.29, 1.82) is 5.41 Å². The van der Waals surface area contributed by atoms with Crippen LogP contribution in [0, 0.1) is 29.1 Å². The molecule has 3 unspecified atom stereocenters. The number of aliphatic hydroxyl groups is 1. The van der Waals surface area contributed by atoms with Gasteiger partial charge in [-0.25, -0.2) is 4.79 Å². The van der Waals surface area contributed by atoms with E-state index in [-0.39, 0.29) is 11.6 Å². The Morgan fingerprint density at radius 3 is 2.19 bits per heavy atom. The molecule has 4 fully saturated rings. The third kappa shape index (κ3) is 1.25. The second kappa shape index (κ2) is 3.06. The van der Waals surface area contributed by atoms with Crippen LogP contribution in [0.25, 0.3) is 0 Å². The second-order valence-corrected chi connectivity index (χ2v) is 5.91. The van der Waals surface area contributed by atoms with Crippen LogP contribution in [0.5, 0.6) is 0 Å². The van der Waals surface area contributed by atoms with E-state index in [1.807, 2.05) is 0 Å². The van der Waals surface area contributed by atoms with Crippen LogP contribution in [0.3, 0.4) is 0 Å². The van der Waals surface area contributed by atoms with Gasteiger partial charge in [-0.15, -0.1) is 0 Å². The van der Waals surface area contributed by atoms with Gasteiger partial charge >= 0.3 is 5.97 Å². The molecule has 4 aliphatic carbocycles. The minimum atomic E-state index is -1.16. The first kappa shape index (κ1) is 10.3. The van der Waals surface area contributed by atoms with Crippen molar-refractivity contribution in [1.82, 2.24) is 0 Å². The second-order valence-electron chi connectivity index (χ2n) is 5.91. The quantitative estimate of drug-likeness (QED) is 0.617. The van der Waals surface area contributed by atoms with Crippen LogP contribution in [0.4, 0.5) is 0 Å². The molecule has 88 valence electrons. The lowest BCUT2D eigenvalue weighted by molar-refractivity contribution is -0.153. The highest BCUT2D eigenvalue weighted by Gasteiger charge is 2.58. The van der Waals surface area contributed by atoms with Crippen LogP contribution in [-0.4, -0.2) is 27.5 Å². The molecular weight excluding hydrogens is 206 g/mol. The summed E-state index contributed by atoms with van der Waals surface area (Å²) in [6, 6.07) is 0. The molecule has 4 nitrogen and oxygen atoms in total. The van der Waals surface area contributed by atoms with Crippen molar-refractivity contribution in [2.75, 3.05) is 0 Å². The highest BCUT2D eigenvalue weighted by Crippen LogP contribution is 2.58. The Labute approximate surface area is 94.2 Å². The Kier molecular flexibility index (Phi) is 1.97. The minimum Gasteiger partial charge on any atom is -0.477 e. The summed E-state index contributed by atoms with van der Waals surface area (Å²) in [5.74, 6) is -0.204. The average Bonchev–Trinajstić information content (AvgIpc) is 2.13. The topological polar surface area (TPSA) is 81.4 Å². The smallest absolute Gasteiger partial charge is 0.349 e. The van der Waals surface area contributed by atoms with Crippen LogP contribution in [-0.2, 0) is 4.79 Å². The van der Waals surface area contributed by atoms with Crippen molar-refractivity contribution >= 4 is 11.7 Å². The molecule has 0 amide bonds. The number of carbonyl (C=O) groups is 1. The molecule has 0 aromatic rings. The average molecular weight is 223 g/mol. The third-order valence-corrected chi connectivity index (χ3v) is 4.81. The zero-order chi connectivity index (χ0) is 11.5. The minimum absolute atomic E-state index is 0.236. The van der Waals surface area contributed by atoms with Crippen molar-refractivity contribution < 1.29 is 15.0 Å². The number of rotatable bonds is 2. The predicted molar refractivity (Wildman–Crippen MR) is 57.4 cm³/mol. The van der Waals surface area contributed by atoms with Crippen LogP contribution in [0.1, 0.15) is 32.1 Å². The summed E-state index contributed by atoms with van der Waals surface area (Å²) in [6.45, 7) is 0. The lowest BCUT2D eigenvalue weighted by atomic mass is 9.49. The molecule has 4 rings (SSSR count). The molecule has 4 heteroatoms. The van der Waals surface area contributed by atoms with Gasteiger partial charge in [-0.05, 0) is 49.9 Å². The van der Waals surface area contributed by atoms with Crippen LogP contribution in [0.2, 0.25) is 0 Å². The molecular formula is C12H17NO3. The zero-order valence-electron chi connectivity index (χ0n) is 9.15. The summed E-state index contributed by atoms with van der Waals surface area (Å²) < 4.78 is 0. The van der Waals surface area contributed by atoms with Gasteiger partial charge < -0.3 is 10.2 Å². The summed E-state index contributed by atoms with van der Waals surface area (Å²) in [5, 5.41) is 27.2. The Morgan fingerprint density at radius 1 is 1.19 bits per heavy atom. The molecule has 0 radical (unpaired) electrons. The molecule has 0 spiro atoms. The molecule has 3 atom stereocenters. The highest BCUT2D eigenvalue weighted by molar-refractivity contribution is 6.35. The Balaban J connectivity index is 1.94. The molecule has 0 saturated heterocycles. The van der Waals surface area contributed by atoms with Gasteiger partial charge in [0.05, 0.1) is 5.60 Å². The summed E-state index contributed by atoms with van der Waals surface area (Å²) in [5.41, 5.74) is -1.16. The fourth-order valence-electron chi connectivity index (χ4n) is 4.64. The van der Waals surface area contributed by atoms with Crippen molar-refractivity contribution in [3.05, 3.63) is 0 Å². The molecule has 16 heavy (non-hydrogen) atoms. The van der Waals surface area contributed by atoms with E-state index in [9.17, 15) is 9.90 Å². The fourth-order valence-corrected chi connectivity index (χ4v) is 4.64. The number of carboxylic acid groups (broad SMARTS) is 1. The van der Waals surface area contributed by atoms with Gasteiger partial charge in [-0.2, -0.15) is 0 Å². The molecule has 0 heterocycles. The van der Waals surface area contributed by atoms with Gasteiger partial charge in [0.2, 0.25) is 0 Å². The van der Waals surface area contributed by atoms with Crippen molar-refractivity contribution in [3.63, 3.8) is 0 Å². The third-order valence-electron chi connectivity index (χ3n) is 4.81. The maximum Gasteiger partial charge on any atom is 0.349 e. The van der Waals surface area contributed by atoms with Gasteiger partial charge in [0.1, 0.15) is 5.71 Å². The summed E-state index contributed by atoms with van der Waals surface area (Å²) >= 11 is 0. The van der Waals surface area contributed by atoms with Crippen LogP contribution < -0.4 is 0 Å². The number of aliphatic carboxylic acids is 1. The van der Waals surface area contributed by atoms with Gasteiger partial charge in [-0.3, -0.25) is 5.41 Å². The monoisotopic (exact) mass is 223 g/mol. The van der Waals surface area contributed by atoms with Crippen LogP contribution in [0.15, 0.2) is 0 Å². The van der Waals surface area contributed by atoms with E-state index in [2.05, 4.69) is 0 Å². The van der Waals surface area contributed by atoms with E-state index in [4.69, 9.17) is 10.5 Å². The summed E-state index contributed by atoms with van der Waals surface area (Å²) in [6.07, 6.45) is 4.64. The predicted octanol–water partition coefficient (Wildman–Crippen LogP) is 1.28. The van der Waals surface area contributed by atoms with Gasteiger partial charge in [-0.1, -0.05) is 0 Å². The molecule has 0 aromatic carbocycles. The van der Waals surface area contributed by atoms with Crippen molar-refractivity contribution in [3.8, 4) is 0 Å². The molecule has 3 N–H and O–H groups in total. The summed E-state index contributed by atoms with van der Waals surface area (Å²) in [4.78, 5) is 10.9. The SMILES string of the molecule is N=C(C(=O)O)C1C2CC3CC(C2)CC1(O)C3. The molecule has 0 aromatic heterocycles. The first-order valence-electron chi connectivity index (χ1n) is 6.04. The largest absolute Gasteiger partial charge is 0.477 e. The lowest BCUT2D eigenvalue weighted by Gasteiger charge is -2.58. The number of nitrogens with one attached hydrogen (secondary N) is 1. The maximum atomic E-state index is 10.9. The normalized spacial score (nSPS) is 49.3. The highest BCUT2D eigenvalue weighted by atomic mass is 16.4.